The highest BCUT2D eigenvalue weighted by molar-refractivity contribution is 7.99. The van der Waals surface area contributed by atoms with Gasteiger partial charge in [-0.05, 0) is 54.6 Å². The lowest BCUT2D eigenvalue weighted by atomic mass is 10.2. The molecule has 0 spiro atoms. The normalized spacial score (nSPS) is 10.9. The highest BCUT2D eigenvalue weighted by Gasteiger charge is 2.15. The fourth-order valence-corrected chi connectivity index (χ4v) is 4.21. The smallest absolute Gasteiger partial charge is 0.266 e. The molecule has 3 aromatic carbocycles. The second-order valence-electron chi connectivity index (χ2n) is 6.49. The van der Waals surface area contributed by atoms with Gasteiger partial charge in [-0.1, -0.05) is 58.7 Å². The maximum absolute atomic E-state index is 13.2. The maximum Gasteiger partial charge on any atom is 0.266 e. The zero-order valence-corrected chi connectivity index (χ0v) is 18.9. The molecule has 0 aliphatic heterocycles. The Bertz CT molecular complexity index is 1340. The number of carbonyl (C=O) groups excluding carboxylic acids is 1. The summed E-state index contributed by atoms with van der Waals surface area (Å²) in [5, 5.41) is 4.99. The largest absolute Gasteiger partial charge is 0.324 e. The molecule has 0 bridgehead atoms. The molecule has 0 fully saturated rings. The molecule has 4 rings (SSSR count). The van der Waals surface area contributed by atoms with Gasteiger partial charge >= 0.3 is 0 Å². The van der Waals surface area contributed by atoms with Gasteiger partial charge < -0.3 is 5.32 Å². The van der Waals surface area contributed by atoms with Crippen molar-refractivity contribution in [2.75, 3.05) is 11.1 Å². The van der Waals surface area contributed by atoms with Crippen LogP contribution in [0.4, 0.5) is 5.69 Å². The number of para-hydroxylation sites is 1. The van der Waals surface area contributed by atoms with E-state index in [-0.39, 0.29) is 17.2 Å². The Kier molecular flexibility index (Phi) is 6.53. The molecule has 0 aliphatic carbocycles. The third-order valence-corrected chi connectivity index (χ3v) is 6.12. The topological polar surface area (TPSA) is 64.0 Å². The van der Waals surface area contributed by atoms with E-state index in [1.807, 2.05) is 6.07 Å². The predicted molar refractivity (Wildman–Crippen MR) is 128 cm³/mol. The van der Waals surface area contributed by atoms with Gasteiger partial charge in [0.2, 0.25) is 5.91 Å². The molecule has 0 unspecified atom stereocenters. The third kappa shape index (κ3) is 4.88. The van der Waals surface area contributed by atoms with E-state index in [1.54, 1.807) is 60.7 Å². The van der Waals surface area contributed by atoms with Gasteiger partial charge in [0.25, 0.3) is 5.56 Å². The Morgan fingerprint density at radius 2 is 1.68 bits per heavy atom. The zero-order valence-electron chi connectivity index (χ0n) is 15.8. The fourth-order valence-electron chi connectivity index (χ4n) is 2.94. The predicted octanol–water partition coefficient (Wildman–Crippen LogP) is 6.08. The molecule has 0 radical (unpaired) electrons. The minimum Gasteiger partial charge on any atom is -0.324 e. The molecule has 1 aromatic heterocycles. The van der Waals surface area contributed by atoms with Gasteiger partial charge in [-0.25, -0.2) is 4.98 Å². The number of aromatic nitrogens is 2. The van der Waals surface area contributed by atoms with Crippen LogP contribution < -0.4 is 10.9 Å². The number of hydrogen-bond acceptors (Lipinski definition) is 4. The maximum atomic E-state index is 13.2. The number of anilines is 1. The molecular weight excluding hydrogens is 477 g/mol. The molecule has 0 aliphatic rings. The first-order valence-corrected chi connectivity index (χ1v) is 11.2. The molecule has 5 nitrogen and oxygen atoms in total. The number of benzene rings is 3. The van der Waals surface area contributed by atoms with Gasteiger partial charge in [0.1, 0.15) is 0 Å². The van der Waals surface area contributed by atoms with Crippen molar-refractivity contribution in [1.29, 1.82) is 0 Å². The van der Waals surface area contributed by atoms with Crippen LogP contribution in [0.5, 0.6) is 0 Å². The van der Waals surface area contributed by atoms with E-state index in [2.05, 4.69) is 10.3 Å². The number of thioether (sulfide) groups is 1. The zero-order chi connectivity index (χ0) is 22.0. The van der Waals surface area contributed by atoms with E-state index in [0.29, 0.717) is 42.5 Å². The van der Waals surface area contributed by atoms with Crippen LogP contribution >= 0.6 is 46.6 Å². The number of hydrogen-bond donors (Lipinski definition) is 1. The number of amides is 1. The lowest BCUT2D eigenvalue weighted by Crippen LogP contribution is -2.23. The molecule has 4 aromatic rings. The van der Waals surface area contributed by atoms with Crippen molar-refractivity contribution >= 4 is 69.1 Å². The lowest BCUT2D eigenvalue weighted by molar-refractivity contribution is -0.113. The van der Waals surface area contributed by atoms with Gasteiger partial charge in [-0.15, -0.1) is 0 Å². The molecule has 0 saturated carbocycles. The lowest BCUT2D eigenvalue weighted by Gasteiger charge is -2.13. The molecule has 31 heavy (non-hydrogen) atoms. The van der Waals surface area contributed by atoms with Crippen molar-refractivity contribution in [2.24, 2.45) is 0 Å². The number of nitrogens with one attached hydrogen (secondary N) is 1. The minimum atomic E-state index is -0.306. The standard InChI is InChI=1S/C22H14Cl3N3O2S/c23-13-5-8-15(9-6-13)28-21(30)16-3-1-2-4-18(16)27-22(28)31-12-20(29)26-19-11-14(24)7-10-17(19)25/h1-11H,12H2,(H,26,29). The first kappa shape index (κ1) is 21.7. The second-order valence-corrected chi connectivity index (χ2v) is 8.71. The van der Waals surface area contributed by atoms with E-state index in [9.17, 15) is 9.59 Å². The van der Waals surface area contributed by atoms with E-state index in [1.165, 1.54) is 4.57 Å². The number of nitrogens with zero attached hydrogens (tertiary/aromatic N) is 2. The quantitative estimate of drug-likeness (QED) is 0.272. The minimum absolute atomic E-state index is 0.0151. The summed E-state index contributed by atoms with van der Waals surface area (Å²) >= 11 is 19.2. The Labute approximate surface area is 197 Å². The molecule has 0 atom stereocenters. The Balaban J connectivity index is 1.67. The summed E-state index contributed by atoms with van der Waals surface area (Å²) in [7, 11) is 0. The number of carbonyl (C=O) groups is 1. The van der Waals surface area contributed by atoms with Crippen molar-refractivity contribution in [2.45, 2.75) is 5.16 Å². The van der Waals surface area contributed by atoms with Gasteiger partial charge in [0.05, 0.1) is 33.1 Å². The second kappa shape index (κ2) is 9.32. The summed E-state index contributed by atoms with van der Waals surface area (Å²) in [6, 6.07) is 18.8. The van der Waals surface area contributed by atoms with Crippen LogP contribution in [0.25, 0.3) is 16.6 Å². The average Bonchev–Trinajstić information content (AvgIpc) is 2.76. The molecule has 1 amide bonds. The van der Waals surface area contributed by atoms with Gasteiger partial charge in [-0.3, -0.25) is 14.2 Å². The molecular formula is C22H14Cl3N3O2S. The van der Waals surface area contributed by atoms with Gasteiger partial charge in [-0.2, -0.15) is 0 Å². The van der Waals surface area contributed by atoms with Crippen molar-refractivity contribution in [3.63, 3.8) is 0 Å². The number of rotatable bonds is 5. The van der Waals surface area contributed by atoms with Crippen LogP contribution in [-0.4, -0.2) is 21.2 Å². The Hall–Kier alpha value is -2.51. The van der Waals surface area contributed by atoms with E-state index in [0.717, 1.165) is 11.8 Å². The molecule has 0 saturated heterocycles. The SMILES string of the molecule is O=C(CSc1nc2ccccc2c(=O)n1-c1ccc(Cl)cc1)Nc1cc(Cl)ccc1Cl. The number of fused-ring (bicyclic) bond motifs is 1. The number of halogens is 3. The van der Waals surface area contributed by atoms with Crippen LogP contribution in [0.1, 0.15) is 0 Å². The van der Waals surface area contributed by atoms with Crippen molar-refractivity contribution in [1.82, 2.24) is 9.55 Å². The summed E-state index contributed by atoms with van der Waals surface area (Å²) in [5.41, 5.74) is 1.35. The van der Waals surface area contributed by atoms with E-state index >= 15 is 0 Å². The Morgan fingerprint density at radius 1 is 0.968 bits per heavy atom. The summed E-state index contributed by atoms with van der Waals surface area (Å²) in [6.07, 6.45) is 0. The highest BCUT2D eigenvalue weighted by atomic mass is 35.5. The van der Waals surface area contributed by atoms with Crippen molar-refractivity contribution in [3.05, 3.63) is 92.2 Å². The van der Waals surface area contributed by atoms with Crippen LogP contribution in [0, 0.1) is 0 Å². The van der Waals surface area contributed by atoms with Gasteiger partial charge in [0.15, 0.2) is 5.16 Å². The Morgan fingerprint density at radius 3 is 2.45 bits per heavy atom. The fraction of sp³-hybridized carbons (Fsp3) is 0.0455. The van der Waals surface area contributed by atoms with Crippen LogP contribution in [0.15, 0.2) is 76.7 Å². The molecule has 1 N–H and O–H groups in total. The summed E-state index contributed by atoms with van der Waals surface area (Å²) in [4.78, 5) is 30.3. The summed E-state index contributed by atoms with van der Waals surface area (Å²) < 4.78 is 1.48. The van der Waals surface area contributed by atoms with E-state index in [4.69, 9.17) is 34.8 Å². The van der Waals surface area contributed by atoms with Crippen LogP contribution in [0.3, 0.4) is 0 Å². The average molecular weight is 491 g/mol. The van der Waals surface area contributed by atoms with Gasteiger partial charge in [0, 0.05) is 10.0 Å². The van der Waals surface area contributed by atoms with Crippen molar-refractivity contribution < 1.29 is 4.79 Å². The van der Waals surface area contributed by atoms with E-state index < -0.39 is 0 Å². The first-order valence-electron chi connectivity index (χ1n) is 9.08. The third-order valence-electron chi connectivity index (χ3n) is 4.36. The summed E-state index contributed by atoms with van der Waals surface area (Å²) in [5.74, 6) is -0.291. The first-order chi connectivity index (χ1) is 14.9. The van der Waals surface area contributed by atoms with Crippen LogP contribution in [-0.2, 0) is 4.79 Å². The van der Waals surface area contributed by atoms with Crippen LogP contribution in [0.2, 0.25) is 15.1 Å². The highest BCUT2D eigenvalue weighted by Crippen LogP contribution is 2.27. The molecule has 1 heterocycles. The monoisotopic (exact) mass is 489 g/mol. The molecule has 156 valence electrons. The summed E-state index contributed by atoms with van der Waals surface area (Å²) in [6.45, 7) is 0. The van der Waals surface area contributed by atoms with Crippen molar-refractivity contribution in [3.8, 4) is 5.69 Å². The molecule has 9 heteroatoms.